The highest BCUT2D eigenvalue weighted by Crippen LogP contribution is 2.23. The van der Waals surface area contributed by atoms with E-state index in [9.17, 15) is 0 Å². The molecular weight excluding hydrogens is 305 g/mol. The van der Waals surface area contributed by atoms with E-state index >= 15 is 0 Å². The van der Waals surface area contributed by atoms with Crippen LogP contribution >= 0.6 is 23.2 Å². The molecule has 106 valence electrons. The third-order valence-electron chi connectivity index (χ3n) is 3.12. The third-order valence-corrected chi connectivity index (χ3v) is 3.63. The Labute approximate surface area is 133 Å². The van der Waals surface area contributed by atoms with E-state index in [1.807, 2.05) is 66.2 Å². The Morgan fingerprint density at radius 1 is 0.905 bits per heavy atom. The van der Waals surface area contributed by atoms with Gasteiger partial charge in [0, 0.05) is 27.1 Å². The molecule has 3 nitrogen and oxygen atoms in total. The van der Waals surface area contributed by atoms with Gasteiger partial charge in [-0.2, -0.15) is 0 Å². The summed E-state index contributed by atoms with van der Waals surface area (Å²) in [5, 5.41) is 4.71. The number of halogens is 2. The van der Waals surface area contributed by atoms with Gasteiger partial charge < -0.3 is 5.32 Å². The van der Waals surface area contributed by atoms with E-state index in [0.29, 0.717) is 10.0 Å². The molecule has 1 aromatic heterocycles. The summed E-state index contributed by atoms with van der Waals surface area (Å²) in [5.41, 5.74) is 2.97. The predicted molar refractivity (Wildman–Crippen MR) is 88.0 cm³/mol. The molecule has 0 spiro atoms. The van der Waals surface area contributed by atoms with E-state index in [4.69, 9.17) is 23.2 Å². The van der Waals surface area contributed by atoms with Crippen LogP contribution in [0.4, 0.5) is 11.6 Å². The minimum absolute atomic E-state index is 0.706. The van der Waals surface area contributed by atoms with Crippen LogP contribution in [0, 0.1) is 6.92 Å². The number of hydrogen-bond acceptors (Lipinski definition) is 2. The molecule has 0 fully saturated rings. The van der Waals surface area contributed by atoms with Gasteiger partial charge >= 0.3 is 0 Å². The Kier molecular flexibility index (Phi) is 3.86. The Balaban J connectivity index is 1.97. The average molecular weight is 318 g/mol. The smallest absolute Gasteiger partial charge is 0.212 e. The van der Waals surface area contributed by atoms with Crippen LogP contribution in [0.3, 0.4) is 0 Å². The number of aromatic nitrogens is 2. The van der Waals surface area contributed by atoms with Gasteiger partial charge in [-0.25, -0.2) is 4.98 Å². The lowest BCUT2D eigenvalue weighted by Crippen LogP contribution is -2.03. The molecule has 3 aromatic rings. The van der Waals surface area contributed by atoms with Crippen LogP contribution in [-0.2, 0) is 0 Å². The summed E-state index contributed by atoms with van der Waals surface area (Å²) >= 11 is 11.8. The normalized spacial score (nSPS) is 10.6. The van der Waals surface area contributed by atoms with Crippen molar-refractivity contribution in [2.75, 3.05) is 5.32 Å². The van der Waals surface area contributed by atoms with Crippen molar-refractivity contribution >= 4 is 34.8 Å². The molecule has 0 aliphatic rings. The maximum absolute atomic E-state index is 5.94. The molecule has 0 amide bonds. The zero-order valence-corrected chi connectivity index (χ0v) is 12.9. The minimum Gasteiger partial charge on any atom is -0.325 e. The molecule has 0 aliphatic heterocycles. The fourth-order valence-corrected chi connectivity index (χ4v) is 2.36. The molecule has 2 aromatic carbocycles. The Hall–Kier alpha value is -1.97. The summed E-state index contributed by atoms with van der Waals surface area (Å²) < 4.78 is 2.03. The Morgan fingerprint density at radius 2 is 1.48 bits per heavy atom. The lowest BCUT2D eigenvalue weighted by molar-refractivity contribution is 1.01. The molecule has 5 heteroatoms. The van der Waals surface area contributed by atoms with E-state index in [2.05, 4.69) is 10.3 Å². The highest BCUT2D eigenvalue weighted by molar-refractivity contribution is 6.30. The van der Waals surface area contributed by atoms with Crippen LogP contribution in [0.15, 0.2) is 54.7 Å². The maximum atomic E-state index is 5.94. The van der Waals surface area contributed by atoms with Crippen LogP contribution in [0.5, 0.6) is 0 Å². The van der Waals surface area contributed by atoms with Crippen molar-refractivity contribution in [3.8, 4) is 5.69 Å². The van der Waals surface area contributed by atoms with Crippen molar-refractivity contribution in [3.05, 3.63) is 70.5 Å². The molecule has 0 saturated carbocycles. The third kappa shape index (κ3) is 3.04. The van der Waals surface area contributed by atoms with Crippen LogP contribution in [-0.4, -0.2) is 9.55 Å². The molecule has 21 heavy (non-hydrogen) atoms. The van der Waals surface area contributed by atoms with Gasteiger partial charge in [-0.3, -0.25) is 4.57 Å². The van der Waals surface area contributed by atoms with Gasteiger partial charge in [0.2, 0.25) is 5.95 Å². The molecular formula is C16H13Cl2N3. The number of nitrogens with zero attached hydrogens (tertiary/aromatic N) is 2. The quantitative estimate of drug-likeness (QED) is 0.716. The first kappa shape index (κ1) is 14.0. The molecule has 0 saturated heterocycles. The number of anilines is 2. The van der Waals surface area contributed by atoms with Crippen molar-refractivity contribution in [2.24, 2.45) is 0 Å². The van der Waals surface area contributed by atoms with E-state index < -0.39 is 0 Å². The van der Waals surface area contributed by atoms with Gasteiger partial charge in [-0.1, -0.05) is 23.2 Å². The van der Waals surface area contributed by atoms with Crippen LogP contribution in [0.25, 0.3) is 5.69 Å². The summed E-state index contributed by atoms with van der Waals surface area (Å²) in [4.78, 5) is 4.42. The van der Waals surface area contributed by atoms with Crippen molar-refractivity contribution in [2.45, 2.75) is 6.92 Å². The first-order valence-electron chi connectivity index (χ1n) is 6.46. The highest BCUT2D eigenvalue weighted by Gasteiger charge is 2.09. The van der Waals surface area contributed by atoms with Crippen LogP contribution in [0.1, 0.15) is 5.69 Å². The SMILES string of the molecule is Cc1cnc(Nc2ccc(Cl)cc2)n1-c1ccc(Cl)cc1. The highest BCUT2D eigenvalue weighted by atomic mass is 35.5. The first-order chi connectivity index (χ1) is 10.1. The van der Waals surface area contributed by atoms with Crippen LogP contribution in [0.2, 0.25) is 10.0 Å². The Morgan fingerprint density at radius 3 is 2.10 bits per heavy atom. The minimum atomic E-state index is 0.706. The standard InChI is InChI=1S/C16H13Cl2N3/c1-11-10-19-16(20-14-6-2-12(17)3-7-14)21(11)15-8-4-13(18)5-9-15/h2-10H,1H3,(H,19,20). The lowest BCUT2D eigenvalue weighted by atomic mass is 10.3. The van der Waals surface area contributed by atoms with Crippen molar-refractivity contribution < 1.29 is 0 Å². The molecule has 0 atom stereocenters. The monoisotopic (exact) mass is 317 g/mol. The summed E-state index contributed by atoms with van der Waals surface area (Å²) in [7, 11) is 0. The second-order valence-electron chi connectivity index (χ2n) is 4.67. The van der Waals surface area contributed by atoms with Crippen molar-refractivity contribution in [1.82, 2.24) is 9.55 Å². The zero-order valence-electron chi connectivity index (χ0n) is 11.3. The number of hydrogen-bond donors (Lipinski definition) is 1. The molecule has 0 aliphatic carbocycles. The van der Waals surface area contributed by atoms with E-state index in [1.54, 1.807) is 0 Å². The van der Waals surface area contributed by atoms with Gasteiger partial charge in [-0.15, -0.1) is 0 Å². The number of imidazole rings is 1. The fourth-order valence-electron chi connectivity index (χ4n) is 2.10. The summed E-state index contributed by atoms with van der Waals surface area (Å²) in [6.45, 7) is 2.01. The number of benzene rings is 2. The van der Waals surface area contributed by atoms with Gasteiger partial charge in [0.05, 0.1) is 6.20 Å². The second kappa shape index (κ2) is 5.80. The molecule has 0 unspecified atom stereocenters. The second-order valence-corrected chi connectivity index (χ2v) is 5.54. The maximum Gasteiger partial charge on any atom is 0.212 e. The van der Waals surface area contributed by atoms with Crippen molar-refractivity contribution in [1.29, 1.82) is 0 Å². The first-order valence-corrected chi connectivity index (χ1v) is 7.22. The number of aryl methyl sites for hydroxylation is 1. The van der Waals surface area contributed by atoms with E-state index in [0.717, 1.165) is 23.0 Å². The molecule has 0 bridgehead atoms. The predicted octanol–water partition coefficient (Wildman–Crippen LogP) is 5.23. The zero-order chi connectivity index (χ0) is 14.8. The Bertz CT molecular complexity index is 746. The summed E-state index contributed by atoms with van der Waals surface area (Å²) in [6, 6.07) is 15.2. The largest absolute Gasteiger partial charge is 0.325 e. The topological polar surface area (TPSA) is 29.9 Å². The van der Waals surface area contributed by atoms with E-state index in [1.165, 1.54) is 0 Å². The number of nitrogens with one attached hydrogen (secondary N) is 1. The summed E-state index contributed by atoms with van der Waals surface area (Å²) in [5.74, 6) is 0.747. The molecule has 0 radical (unpaired) electrons. The van der Waals surface area contributed by atoms with Gasteiger partial charge in [-0.05, 0) is 55.5 Å². The van der Waals surface area contributed by atoms with E-state index in [-0.39, 0.29) is 0 Å². The lowest BCUT2D eigenvalue weighted by Gasteiger charge is -2.12. The van der Waals surface area contributed by atoms with Gasteiger partial charge in [0.1, 0.15) is 0 Å². The number of rotatable bonds is 3. The molecule has 1 heterocycles. The summed E-state index contributed by atoms with van der Waals surface area (Å²) in [6.07, 6.45) is 1.83. The fraction of sp³-hybridized carbons (Fsp3) is 0.0625. The average Bonchev–Trinajstić information content (AvgIpc) is 2.83. The van der Waals surface area contributed by atoms with Crippen molar-refractivity contribution in [3.63, 3.8) is 0 Å². The molecule has 1 N–H and O–H groups in total. The van der Waals surface area contributed by atoms with Gasteiger partial charge in [0.15, 0.2) is 0 Å². The van der Waals surface area contributed by atoms with Gasteiger partial charge in [0.25, 0.3) is 0 Å². The van der Waals surface area contributed by atoms with Crippen LogP contribution < -0.4 is 5.32 Å². The molecule has 3 rings (SSSR count).